The van der Waals surface area contributed by atoms with Gasteiger partial charge >= 0.3 is 0 Å². The molecular weight excluding hydrogens is 406 g/mol. The summed E-state index contributed by atoms with van der Waals surface area (Å²) >= 11 is 0. The van der Waals surface area contributed by atoms with E-state index >= 15 is 0 Å². The number of nitrogens with one attached hydrogen (secondary N) is 3. The third-order valence-corrected chi connectivity index (χ3v) is 5.28. The maximum atomic E-state index is 12.9. The van der Waals surface area contributed by atoms with Gasteiger partial charge in [-0.2, -0.15) is 0 Å². The van der Waals surface area contributed by atoms with E-state index in [2.05, 4.69) is 22.0 Å². The van der Waals surface area contributed by atoms with Crippen LogP contribution in [0.15, 0.2) is 42.5 Å². The number of rotatable bonds is 5. The Balaban J connectivity index is 0.00000256. The smallest absolute Gasteiger partial charge is 0.247 e. The average molecular weight is 432 g/mol. The number of carbonyl (C=O) groups is 2. The Morgan fingerprint density at radius 1 is 1.07 bits per heavy atom. The highest BCUT2D eigenvalue weighted by molar-refractivity contribution is 5.98. The zero-order valence-electron chi connectivity index (χ0n) is 16.9. The fourth-order valence-corrected chi connectivity index (χ4v) is 3.62. The molecule has 0 spiro atoms. The molecule has 0 saturated carbocycles. The molecule has 7 nitrogen and oxygen atoms in total. The molecule has 0 unspecified atom stereocenters. The van der Waals surface area contributed by atoms with Crippen LogP contribution in [0.4, 0.5) is 5.69 Å². The molecule has 0 fully saturated rings. The third-order valence-electron chi connectivity index (χ3n) is 5.28. The Morgan fingerprint density at radius 2 is 1.80 bits per heavy atom. The molecular formula is C22H26ClN3O4. The highest BCUT2D eigenvalue weighted by Crippen LogP contribution is 2.34. The summed E-state index contributed by atoms with van der Waals surface area (Å²) in [5.41, 5.74) is 2.97. The second-order valence-corrected chi connectivity index (χ2v) is 7.69. The van der Waals surface area contributed by atoms with Crippen molar-refractivity contribution in [3.8, 4) is 11.5 Å². The van der Waals surface area contributed by atoms with Crippen molar-refractivity contribution in [1.82, 2.24) is 10.6 Å². The maximum absolute atomic E-state index is 12.9. The van der Waals surface area contributed by atoms with Gasteiger partial charge in [-0.05, 0) is 35.6 Å². The summed E-state index contributed by atoms with van der Waals surface area (Å²) in [5.74, 6) is 0.754. The normalized spacial score (nSPS) is 17.5. The average Bonchev–Trinajstić information content (AvgIpc) is 3.19. The second-order valence-electron chi connectivity index (χ2n) is 7.69. The lowest BCUT2D eigenvalue weighted by molar-refractivity contribution is -0.128. The highest BCUT2D eigenvalue weighted by Gasteiger charge is 2.30. The summed E-state index contributed by atoms with van der Waals surface area (Å²) in [6, 6.07) is 12.3. The molecule has 0 radical (unpaired) electrons. The van der Waals surface area contributed by atoms with E-state index in [-0.39, 0.29) is 43.0 Å². The summed E-state index contributed by atoms with van der Waals surface area (Å²) in [4.78, 5) is 25.7. The fraction of sp³-hybridized carbons (Fsp3) is 0.364. The SMILES string of the molecule is CC(C)[C@@H](NC(=O)[C@@H]1Cc2ccccc2CN1)C(=O)Nc1ccc2c(c1)OCO2.Cl. The molecule has 0 aromatic heterocycles. The number of hydrogen-bond donors (Lipinski definition) is 3. The minimum atomic E-state index is -0.646. The van der Waals surface area contributed by atoms with Gasteiger partial charge < -0.3 is 25.4 Å². The van der Waals surface area contributed by atoms with Crippen molar-refractivity contribution in [1.29, 1.82) is 0 Å². The molecule has 2 aromatic carbocycles. The number of carbonyl (C=O) groups excluding carboxylic acids is 2. The molecule has 3 N–H and O–H groups in total. The van der Waals surface area contributed by atoms with Crippen LogP contribution in [0.1, 0.15) is 25.0 Å². The first-order chi connectivity index (χ1) is 14.0. The Morgan fingerprint density at radius 3 is 2.57 bits per heavy atom. The molecule has 0 saturated heterocycles. The van der Waals surface area contributed by atoms with E-state index < -0.39 is 6.04 Å². The summed E-state index contributed by atoms with van der Waals surface area (Å²) in [7, 11) is 0. The highest BCUT2D eigenvalue weighted by atomic mass is 35.5. The molecule has 4 rings (SSSR count). The predicted octanol–water partition coefficient (Wildman–Crippen LogP) is 2.63. The van der Waals surface area contributed by atoms with Crippen molar-refractivity contribution in [3.63, 3.8) is 0 Å². The predicted molar refractivity (Wildman–Crippen MR) is 116 cm³/mol. The van der Waals surface area contributed by atoms with Gasteiger partial charge in [0.25, 0.3) is 0 Å². The maximum Gasteiger partial charge on any atom is 0.247 e. The van der Waals surface area contributed by atoms with Crippen molar-refractivity contribution in [2.45, 2.75) is 38.9 Å². The minimum Gasteiger partial charge on any atom is -0.454 e. The Labute approximate surface area is 181 Å². The molecule has 30 heavy (non-hydrogen) atoms. The van der Waals surface area contributed by atoms with E-state index in [4.69, 9.17) is 9.47 Å². The summed E-state index contributed by atoms with van der Waals surface area (Å²) < 4.78 is 10.6. The van der Waals surface area contributed by atoms with Gasteiger partial charge in [-0.15, -0.1) is 12.4 Å². The zero-order chi connectivity index (χ0) is 20.4. The van der Waals surface area contributed by atoms with E-state index in [1.54, 1.807) is 18.2 Å². The van der Waals surface area contributed by atoms with Crippen molar-refractivity contribution in [2.24, 2.45) is 5.92 Å². The first kappa shape index (κ1) is 21.9. The lowest BCUT2D eigenvalue weighted by Gasteiger charge is -2.28. The molecule has 2 aliphatic rings. The van der Waals surface area contributed by atoms with E-state index in [1.165, 1.54) is 5.56 Å². The van der Waals surface area contributed by atoms with Gasteiger partial charge in [0, 0.05) is 18.3 Å². The molecule has 2 amide bonds. The number of anilines is 1. The zero-order valence-corrected chi connectivity index (χ0v) is 17.8. The van der Waals surface area contributed by atoms with E-state index in [9.17, 15) is 9.59 Å². The van der Waals surface area contributed by atoms with Crippen LogP contribution in [0.5, 0.6) is 11.5 Å². The van der Waals surface area contributed by atoms with Crippen LogP contribution < -0.4 is 25.4 Å². The van der Waals surface area contributed by atoms with Gasteiger partial charge in [0.2, 0.25) is 18.6 Å². The Kier molecular flexibility index (Phi) is 6.84. The third kappa shape index (κ3) is 4.68. The standard InChI is InChI=1S/C22H25N3O4.ClH/c1-13(2)20(22(27)24-16-7-8-18-19(10-16)29-12-28-18)25-21(26)17-9-14-5-3-4-6-15(14)11-23-17;/h3-8,10,13,17,20,23H,9,11-12H2,1-2H3,(H,24,27)(H,25,26);1H/t17-,20+;/m0./s1. The first-order valence-corrected chi connectivity index (χ1v) is 9.82. The van der Waals surface area contributed by atoms with Gasteiger partial charge in [0.05, 0.1) is 6.04 Å². The van der Waals surface area contributed by atoms with E-state index in [0.29, 0.717) is 30.2 Å². The van der Waals surface area contributed by atoms with Gasteiger partial charge in [0.15, 0.2) is 11.5 Å². The monoisotopic (exact) mass is 431 g/mol. The minimum absolute atomic E-state index is 0. The largest absolute Gasteiger partial charge is 0.454 e. The quantitative estimate of drug-likeness (QED) is 0.677. The van der Waals surface area contributed by atoms with Crippen LogP contribution in [0, 0.1) is 5.92 Å². The van der Waals surface area contributed by atoms with Crippen LogP contribution in [-0.4, -0.2) is 30.7 Å². The Hall–Kier alpha value is -2.77. The molecule has 2 aliphatic heterocycles. The topological polar surface area (TPSA) is 88.7 Å². The van der Waals surface area contributed by atoms with E-state index in [1.807, 2.05) is 32.0 Å². The van der Waals surface area contributed by atoms with Crippen LogP contribution in [0.3, 0.4) is 0 Å². The van der Waals surface area contributed by atoms with Gasteiger partial charge in [0.1, 0.15) is 6.04 Å². The molecule has 2 aromatic rings. The van der Waals surface area contributed by atoms with Crippen LogP contribution in [0.2, 0.25) is 0 Å². The fourth-order valence-electron chi connectivity index (χ4n) is 3.62. The van der Waals surface area contributed by atoms with Crippen molar-refractivity contribution in [2.75, 3.05) is 12.1 Å². The summed E-state index contributed by atoms with van der Waals surface area (Å²) in [5, 5.41) is 9.05. The summed E-state index contributed by atoms with van der Waals surface area (Å²) in [6.07, 6.45) is 0.608. The van der Waals surface area contributed by atoms with Crippen LogP contribution in [0.25, 0.3) is 0 Å². The molecule has 2 atom stereocenters. The van der Waals surface area contributed by atoms with Crippen LogP contribution in [-0.2, 0) is 22.6 Å². The van der Waals surface area contributed by atoms with E-state index in [0.717, 1.165) is 5.56 Å². The molecule has 8 heteroatoms. The van der Waals surface area contributed by atoms with Crippen molar-refractivity contribution in [3.05, 3.63) is 53.6 Å². The number of hydrogen-bond acceptors (Lipinski definition) is 5. The van der Waals surface area contributed by atoms with Gasteiger partial charge in [-0.3, -0.25) is 9.59 Å². The first-order valence-electron chi connectivity index (χ1n) is 9.82. The molecule has 0 aliphatic carbocycles. The molecule has 2 heterocycles. The van der Waals surface area contributed by atoms with Crippen LogP contribution >= 0.6 is 12.4 Å². The number of halogens is 1. The Bertz CT molecular complexity index is 934. The van der Waals surface area contributed by atoms with Gasteiger partial charge in [-0.1, -0.05) is 38.1 Å². The number of fused-ring (bicyclic) bond motifs is 2. The number of ether oxygens (including phenoxy) is 2. The number of amides is 2. The number of benzene rings is 2. The van der Waals surface area contributed by atoms with Crippen molar-refractivity contribution < 1.29 is 19.1 Å². The lowest BCUT2D eigenvalue weighted by Crippen LogP contribution is -2.54. The molecule has 160 valence electrons. The molecule has 0 bridgehead atoms. The summed E-state index contributed by atoms with van der Waals surface area (Å²) in [6.45, 7) is 4.64. The van der Waals surface area contributed by atoms with Crippen molar-refractivity contribution >= 4 is 29.9 Å². The lowest BCUT2D eigenvalue weighted by atomic mass is 9.94. The van der Waals surface area contributed by atoms with Gasteiger partial charge in [-0.25, -0.2) is 0 Å². The second kappa shape index (κ2) is 9.36.